The molecule has 94 valence electrons. The third-order valence-electron chi connectivity index (χ3n) is 2.94. The van der Waals surface area contributed by atoms with E-state index in [4.69, 9.17) is 11.6 Å². The van der Waals surface area contributed by atoms with E-state index in [0.29, 0.717) is 5.02 Å². The van der Waals surface area contributed by atoms with Crippen LogP contribution in [0.4, 0.5) is 0 Å². The van der Waals surface area contributed by atoms with Crippen molar-refractivity contribution in [3.05, 3.63) is 69.2 Å². The minimum Gasteiger partial charge on any atom is -0.396 e. The van der Waals surface area contributed by atoms with E-state index in [1.165, 1.54) is 5.56 Å². The summed E-state index contributed by atoms with van der Waals surface area (Å²) in [7, 11) is 0. The molecular weight excluding hydrogens is 312 g/mol. The summed E-state index contributed by atoms with van der Waals surface area (Å²) in [5, 5.41) is 10.2. The summed E-state index contributed by atoms with van der Waals surface area (Å²) in [5.74, 6) is 0.0878. The van der Waals surface area contributed by atoms with Crippen LogP contribution < -0.4 is 0 Å². The monoisotopic (exact) mass is 324 g/mol. The van der Waals surface area contributed by atoms with Gasteiger partial charge in [0, 0.05) is 15.4 Å². The van der Waals surface area contributed by atoms with E-state index in [0.717, 1.165) is 16.5 Å². The van der Waals surface area contributed by atoms with E-state index in [1.54, 1.807) is 0 Å². The van der Waals surface area contributed by atoms with E-state index >= 15 is 0 Å². The second kappa shape index (κ2) is 6.37. The molecule has 0 aliphatic carbocycles. The normalized spacial score (nSPS) is 12.4. The number of hydrogen-bond donors (Lipinski definition) is 1. The zero-order valence-corrected chi connectivity index (χ0v) is 12.2. The molecule has 0 saturated carbocycles. The maximum Gasteiger partial charge on any atom is 0.0502 e. The van der Waals surface area contributed by atoms with Crippen LogP contribution in [0.1, 0.15) is 17.0 Å². The highest BCUT2D eigenvalue weighted by Gasteiger charge is 2.11. The Morgan fingerprint density at radius 1 is 1.11 bits per heavy atom. The predicted molar refractivity (Wildman–Crippen MR) is 79.1 cm³/mol. The van der Waals surface area contributed by atoms with Crippen LogP contribution in [0.2, 0.25) is 5.02 Å². The Balaban J connectivity index is 2.17. The first-order valence-electron chi connectivity index (χ1n) is 5.80. The molecule has 1 nitrogen and oxygen atoms in total. The highest BCUT2D eigenvalue weighted by atomic mass is 79.9. The van der Waals surface area contributed by atoms with Crippen molar-refractivity contribution in [2.24, 2.45) is 0 Å². The number of benzene rings is 2. The topological polar surface area (TPSA) is 20.2 Å². The van der Waals surface area contributed by atoms with Crippen LogP contribution in [0.3, 0.4) is 0 Å². The van der Waals surface area contributed by atoms with E-state index < -0.39 is 0 Å². The lowest BCUT2D eigenvalue weighted by Gasteiger charge is -2.15. The van der Waals surface area contributed by atoms with Crippen LogP contribution in [0.15, 0.2) is 53.0 Å². The van der Waals surface area contributed by atoms with E-state index in [9.17, 15) is 5.11 Å². The van der Waals surface area contributed by atoms with Gasteiger partial charge in [-0.3, -0.25) is 0 Å². The molecule has 0 saturated heterocycles. The van der Waals surface area contributed by atoms with Gasteiger partial charge >= 0.3 is 0 Å². The fourth-order valence-electron chi connectivity index (χ4n) is 1.95. The van der Waals surface area contributed by atoms with Gasteiger partial charge in [-0.2, -0.15) is 0 Å². The van der Waals surface area contributed by atoms with Gasteiger partial charge in [0.1, 0.15) is 0 Å². The number of rotatable bonds is 4. The average Bonchev–Trinajstić information content (AvgIpc) is 2.38. The van der Waals surface area contributed by atoms with Crippen LogP contribution in [0, 0.1) is 0 Å². The molecule has 18 heavy (non-hydrogen) atoms. The van der Waals surface area contributed by atoms with Gasteiger partial charge in [-0.25, -0.2) is 0 Å². The van der Waals surface area contributed by atoms with Crippen LogP contribution in [-0.2, 0) is 6.42 Å². The zero-order valence-electron chi connectivity index (χ0n) is 9.81. The summed E-state index contributed by atoms with van der Waals surface area (Å²) in [5.41, 5.74) is 2.28. The molecule has 1 N–H and O–H groups in total. The molecule has 0 aromatic heterocycles. The molecule has 1 atom stereocenters. The van der Waals surface area contributed by atoms with Gasteiger partial charge in [-0.15, -0.1) is 0 Å². The Morgan fingerprint density at radius 2 is 1.83 bits per heavy atom. The molecule has 3 heteroatoms. The van der Waals surface area contributed by atoms with Crippen molar-refractivity contribution in [3.8, 4) is 0 Å². The quantitative estimate of drug-likeness (QED) is 0.882. The summed E-state index contributed by atoms with van der Waals surface area (Å²) in [6, 6.07) is 15.9. The molecule has 0 bridgehead atoms. The van der Waals surface area contributed by atoms with Crippen molar-refractivity contribution in [1.29, 1.82) is 0 Å². The Labute approximate surface area is 121 Å². The third kappa shape index (κ3) is 3.58. The molecule has 2 rings (SSSR count). The number of halogens is 2. The standard InChI is InChI=1S/C15H14BrClO/c16-14-6-4-11(5-7-14)8-13(10-18)12-2-1-3-15(17)9-12/h1-7,9,13,18H,8,10H2. The van der Waals surface area contributed by atoms with Crippen molar-refractivity contribution < 1.29 is 5.11 Å². The van der Waals surface area contributed by atoms with Crippen LogP contribution >= 0.6 is 27.5 Å². The Bertz CT molecular complexity index is 510. The molecule has 0 aliphatic heterocycles. The molecule has 0 heterocycles. The molecule has 2 aromatic carbocycles. The zero-order chi connectivity index (χ0) is 13.0. The lowest BCUT2D eigenvalue weighted by Crippen LogP contribution is -2.07. The SMILES string of the molecule is OCC(Cc1ccc(Br)cc1)c1cccc(Cl)c1. The average molecular weight is 326 g/mol. The lowest BCUT2D eigenvalue weighted by atomic mass is 9.93. The number of hydrogen-bond acceptors (Lipinski definition) is 1. The van der Waals surface area contributed by atoms with Crippen LogP contribution in [0.5, 0.6) is 0 Å². The Hall–Kier alpha value is -0.830. The molecule has 0 spiro atoms. The van der Waals surface area contributed by atoms with Gasteiger partial charge in [-0.05, 0) is 41.8 Å². The lowest BCUT2D eigenvalue weighted by molar-refractivity contribution is 0.264. The minimum atomic E-state index is 0.0878. The highest BCUT2D eigenvalue weighted by molar-refractivity contribution is 9.10. The van der Waals surface area contributed by atoms with Gasteiger partial charge in [0.15, 0.2) is 0 Å². The smallest absolute Gasteiger partial charge is 0.0502 e. The molecular formula is C15H14BrClO. The first kappa shape index (κ1) is 13.6. The van der Waals surface area contributed by atoms with Crippen molar-refractivity contribution >= 4 is 27.5 Å². The summed E-state index contributed by atoms with van der Waals surface area (Å²) < 4.78 is 1.06. The van der Waals surface area contributed by atoms with Crippen LogP contribution in [0.25, 0.3) is 0 Å². The van der Waals surface area contributed by atoms with Gasteiger partial charge in [0.05, 0.1) is 6.61 Å². The van der Waals surface area contributed by atoms with Crippen molar-refractivity contribution in [2.75, 3.05) is 6.61 Å². The van der Waals surface area contributed by atoms with Crippen molar-refractivity contribution in [3.63, 3.8) is 0 Å². The minimum absolute atomic E-state index is 0.0878. The second-order valence-electron chi connectivity index (χ2n) is 4.27. The van der Waals surface area contributed by atoms with Crippen molar-refractivity contribution in [2.45, 2.75) is 12.3 Å². The molecule has 0 aliphatic rings. The third-order valence-corrected chi connectivity index (χ3v) is 3.70. The molecule has 0 radical (unpaired) electrons. The first-order valence-corrected chi connectivity index (χ1v) is 6.97. The fraction of sp³-hybridized carbons (Fsp3) is 0.200. The maximum atomic E-state index is 9.53. The van der Waals surface area contributed by atoms with E-state index in [1.807, 2.05) is 36.4 Å². The predicted octanol–water partition coefficient (Wildman–Crippen LogP) is 4.42. The first-order chi connectivity index (χ1) is 8.69. The highest BCUT2D eigenvalue weighted by Crippen LogP contribution is 2.24. The van der Waals surface area contributed by atoms with Gasteiger partial charge in [0.25, 0.3) is 0 Å². The molecule has 0 fully saturated rings. The van der Waals surface area contributed by atoms with Gasteiger partial charge < -0.3 is 5.11 Å². The van der Waals surface area contributed by atoms with Gasteiger partial charge in [-0.1, -0.05) is 51.8 Å². The fourth-order valence-corrected chi connectivity index (χ4v) is 2.42. The molecule has 2 aromatic rings. The summed E-state index contributed by atoms with van der Waals surface area (Å²) in [6.07, 6.45) is 0.810. The van der Waals surface area contributed by atoms with Crippen molar-refractivity contribution in [1.82, 2.24) is 0 Å². The van der Waals surface area contributed by atoms with E-state index in [2.05, 4.69) is 28.1 Å². The second-order valence-corrected chi connectivity index (χ2v) is 5.62. The van der Waals surface area contributed by atoms with E-state index in [-0.39, 0.29) is 12.5 Å². The molecule has 0 amide bonds. The molecule has 1 unspecified atom stereocenters. The van der Waals surface area contributed by atoms with Gasteiger partial charge in [0.2, 0.25) is 0 Å². The Morgan fingerprint density at radius 3 is 2.44 bits per heavy atom. The number of aliphatic hydroxyl groups excluding tert-OH is 1. The largest absolute Gasteiger partial charge is 0.396 e. The summed E-state index contributed by atoms with van der Waals surface area (Å²) in [6.45, 7) is 0.121. The summed E-state index contributed by atoms with van der Waals surface area (Å²) >= 11 is 9.40. The van der Waals surface area contributed by atoms with Crippen LogP contribution in [-0.4, -0.2) is 11.7 Å². The number of aliphatic hydroxyl groups is 1. The Kier molecular flexibility index (Phi) is 4.81. The maximum absolute atomic E-state index is 9.53. The summed E-state index contributed by atoms with van der Waals surface area (Å²) in [4.78, 5) is 0.